The number of nitrogens with one attached hydrogen (secondary N) is 3. The molecule has 0 aliphatic carbocycles. The summed E-state index contributed by atoms with van der Waals surface area (Å²) in [5, 5.41) is 9.30. The van der Waals surface area contributed by atoms with E-state index in [0.717, 1.165) is 25.1 Å². The Hall–Kier alpha value is -2.04. The summed E-state index contributed by atoms with van der Waals surface area (Å²) in [6.45, 7) is 8.77. The molecule has 0 saturated heterocycles. The highest BCUT2D eigenvalue weighted by atomic mass is 16.1. The van der Waals surface area contributed by atoms with Crippen molar-refractivity contribution in [2.75, 3.05) is 19.6 Å². The highest BCUT2D eigenvalue weighted by molar-refractivity contribution is 5.84. The number of hydrogen-bond donors (Lipinski definition) is 3. The molecule has 1 aromatic rings. The number of carbonyl (C=O) groups is 1. The van der Waals surface area contributed by atoms with Crippen LogP contribution in [-0.4, -0.2) is 31.5 Å². The molecule has 0 unspecified atom stereocenters. The average molecular weight is 318 g/mol. The number of aliphatic imine (C=N–C) groups is 1. The minimum Gasteiger partial charge on any atom is -0.357 e. The minimum atomic E-state index is -0.0757. The van der Waals surface area contributed by atoms with Gasteiger partial charge in [-0.2, -0.15) is 0 Å². The van der Waals surface area contributed by atoms with Gasteiger partial charge in [0.2, 0.25) is 5.91 Å². The zero-order valence-electron chi connectivity index (χ0n) is 14.6. The average Bonchev–Trinajstić information content (AvgIpc) is 2.55. The topological polar surface area (TPSA) is 65.5 Å². The molecular formula is C18H30N4O. The Bertz CT molecular complexity index is 471. The summed E-state index contributed by atoms with van der Waals surface area (Å²) in [7, 11) is 0. The Morgan fingerprint density at radius 2 is 1.87 bits per heavy atom. The molecule has 0 heterocycles. The van der Waals surface area contributed by atoms with Crippen LogP contribution in [0, 0.1) is 5.92 Å². The fourth-order valence-electron chi connectivity index (χ4n) is 2.06. The van der Waals surface area contributed by atoms with Gasteiger partial charge >= 0.3 is 0 Å². The van der Waals surface area contributed by atoms with E-state index in [-0.39, 0.29) is 12.5 Å². The van der Waals surface area contributed by atoms with Crippen LogP contribution in [0.3, 0.4) is 0 Å². The molecule has 0 aliphatic rings. The number of guanidine groups is 1. The third kappa shape index (κ3) is 9.55. The Morgan fingerprint density at radius 3 is 2.52 bits per heavy atom. The van der Waals surface area contributed by atoms with Crippen molar-refractivity contribution in [2.45, 2.75) is 40.2 Å². The Morgan fingerprint density at radius 1 is 1.13 bits per heavy atom. The Labute approximate surface area is 140 Å². The smallest absolute Gasteiger partial charge is 0.242 e. The molecule has 23 heavy (non-hydrogen) atoms. The molecule has 0 radical (unpaired) electrons. The molecule has 0 atom stereocenters. The van der Waals surface area contributed by atoms with Gasteiger partial charge in [-0.3, -0.25) is 4.79 Å². The number of amides is 1. The van der Waals surface area contributed by atoms with Crippen LogP contribution in [0.25, 0.3) is 0 Å². The summed E-state index contributed by atoms with van der Waals surface area (Å²) >= 11 is 0. The molecular weight excluding hydrogens is 288 g/mol. The lowest BCUT2D eigenvalue weighted by Gasteiger charge is -2.12. The molecule has 1 rings (SSSR count). The van der Waals surface area contributed by atoms with Crippen LogP contribution in [0.15, 0.2) is 35.3 Å². The summed E-state index contributed by atoms with van der Waals surface area (Å²) in [6, 6.07) is 9.87. The first-order valence-electron chi connectivity index (χ1n) is 8.44. The van der Waals surface area contributed by atoms with E-state index in [2.05, 4.69) is 34.8 Å². The summed E-state index contributed by atoms with van der Waals surface area (Å²) in [4.78, 5) is 16.2. The highest BCUT2D eigenvalue weighted by Crippen LogP contribution is 2.01. The van der Waals surface area contributed by atoms with Crippen molar-refractivity contribution in [3.05, 3.63) is 35.9 Å². The van der Waals surface area contributed by atoms with Gasteiger partial charge in [-0.05, 0) is 31.2 Å². The van der Waals surface area contributed by atoms with Crippen LogP contribution in [0.1, 0.15) is 39.2 Å². The second kappa shape index (κ2) is 11.5. The van der Waals surface area contributed by atoms with Crippen molar-refractivity contribution in [3.63, 3.8) is 0 Å². The highest BCUT2D eigenvalue weighted by Gasteiger charge is 2.02. The van der Waals surface area contributed by atoms with Gasteiger partial charge in [-0.15, -0.1) is 0 Å². The van der Waals surface area contributed by atoms with Crippen molar-refractivity contribution in [3.8, 4) is 0 Å². The monoisotopic (exact) mass is 318 g/mol. The van der Waals surface area contributed by atoms with E-state index in [0.29, 0.717) is 18.4 Å². The van der Waals surface area contributed by atoms with Crippen molar-refractivity contribution < 1.29 is 4.79 Å². The normalized spacial score (nSPS) is 11.4. The van der Waals surface area contributed by atoms with E-state index in [1.165, 1.54) is 6.42 Å². The number of benzene rings is 1. The predicted octanol–water partition coefficient (Wildman–Crippen LogP) is 2.29. The van der Waals surface area contributed by atoms with Crippen LogP contribution in [0.4, 0.5) is 0 Å². The van der Waals surface area contributed by atoms with Gasteiger partial charge in [0.25, 0.3) is 0 Å². The third-order valence-corrected chi connectivity index (χ3v) is 3.31. The summed E-state index contributed by atoms with van der Waals surface area (Å²) in [5.74, 6) is 1.33. The van der Waals surface area contributed by atoms with Crippen LogP contribution >= 0.6 is 0 Å². The van der Waals surface area contributed by atoms with Crippen molar-refractivity contribution in [1.82, 2.24) is 16.0 Å². The fraction of sp³-hybridized carbons (Fsp3) is 0.556. The molecule has 0 fully saturated rings. The summed E-state index contributed by atoms with van der Waals surface area (Å²) in [6.07, 6.45) is 2.28. The fourth-order valence-corrected chi connectivity index (χ4v) is 2.06. The Balaban J connectivity index is 2.32. The van der Waals surface area contributed by atoms with Gasteiger partial charge in [-0.1, -0.05) is 44.2 Å². The first-order valence-corrected chi connectivity index (χ1v) is 8.44. The number of nitrogens with zero attached hydrogens (tertiary/aromatic N) is 1. The summed E-state index contributed by atoms with van der Waals surface area (Å²) in [5.41, 5.74) is 1.09. The van der Waals surface area contributed by atoms with E-state index < -0.39 is 0 Å². The molecule has 3 N–H and O–H groups in total. The molecule has 0 saturated carbocycles. The molecule has 0 spiro atoms. The van der Waals surface area contributed by atoms with E-state index in [9.17, 15) is 4.79 Å². The zero-order chi connectivity index (χ0) is 16.9. The van der Waals surface area contributed by atoms with E-state index >= 15 is 0 Å². The Kier molecular flexibility index (Phi) is 9.52. The second-order valence-corrected chi connectivity index (χ2v) is 5.92. The maximum absolute atomic E-state index is 11.9. The molecule has 5 heteroatoms. The van der Waals surface area contributed by atoms with E-state index in [1.54, 1.807) is 0 Å². The summed E-state index contributed by atoms with van der Waals surface area (Å²) < 4.78 is 0. The van der Waals surface area contributed by atoms with Gasteiger partial charge in [0.1, 0.15) is 6.54 Å². The SMILES string of the molecule is CCNC(=NCC(=O)NCc1ccccc1)NCCCC(C)C. The van der Waals surface area contributed by atoms with E-state index in [4.69, 9.17) is 0 Å². The van der Waals surface area contributed by atoms with Crippen molar-refractivity contribution in [2.24, 2.45) is 10.9 Å². The number of carbonyl (C=O) groups excluding carboxylic acids is 1. The van der Waals surface area contributed by atoms with Gasteiger partial charge in [0.15, 0.2) is 5.96 Å². The lowest BCUT2D eigenvalue weighted by Crippen LogP contribution is -2.39. The van der Waals surface area contributed by atoms with Crippen molar-refractivity contribution >= 4 is 11.9 Å². The maximum Gasteiger partial charge on any atom is 0.242 e. The van der Waals surface area contributed by atoms with Crippen LogP contribution in [0.5, 0.6) is 0 Å². The van der Waals surface area contributed by atoms with Gasteiger partial charge in [0, 0.05) is 19.6 Å². The molecule has 5 nitrogen and oxygen atoms in total. The van der Waals surface area contributed by atoms with Crippen molar-refractivity contribution in [1.29, 1.82) is 0 Å². The van der Waals surface area contributed by atoms with Gasteiger partial charge < -0.3 is 16.0 Å². The molecule has 0 bridgehead atoms. The van der Waals surface area contributed by atoms with E-state index in [1.807, 2.05) is 37.3 Å². The molecule has 128 valence electrons. The quantitative estimate of drug-likeness (QED) is 0.372. The largest absolute Gasteiger partial charge is 0.357 e. The van der Waals surface area contributed by atoms with Crippen LogP contribution in [0.2, 0.25) is 0 Å². The standard InChI is InChI=1S/C18H30N4O/c1-4-19-18(20-12-8-9-15(2)3)22-14-17(23)21-13-16-10-6-5-7-11-16/h5-7,10-11,15H,4,8-9,12-14H2,1-3H3,(H,21,23)(H2,19,20,22). The van der Waals surface area contributed by atoms with Gasteiger partial charge in [0.05, 0.1) is 0 Å². The molecule has 0 aliphatic heterocycles. The van der Waals surface area contributed by atoms with Crippen LogP contribution in [-0.2, 0) is 11.3 Å². The van der Waals surface area contributed by atoms with Crippen LogP contribution < -0.4 is 16.0 Å². The first kappa shape index (κ1) is 19.0. The van der Waals surface area contributed by atoms with Gasteiger partial charge in [-0.25, -0.2) is 4.99 Å². The zero-order valence-corrected chi connectivity index (χ0v) is 14.6. The minimum absolute atomic E-state index is 0.0757. The molecule has 0 aromatic heterocycles. The molecule has 1 amide bonds. The number of rotatable bonds is 9. The third-order valence-electron chi connectivity index (χ3n) is 3.31. The predicted molar refractivity (Wildman–Crippen MR) is 96.3 cm³/mol. The second-order valence-electron chi connectivity index (χ2n) is 5.92. The maximum atomic E-state index is 11.9. The molecule has 1 aromatic carbocycles. The number of hydrogen-bond acceptors (Lipinski definition) is 2. The first-order chi connectivity index (χ1) is 11.1. The lowest BCUT2D eigenvalue weighted by molar-refractivity contribution is -0.119. The lowest BCUT2D eigenvalue weighted by atomic mass is 10.1.